The maximum Gasteiger partial charge on any atom is 0.175 e. The normalized spacial score (nSPS) is 11.7. The molecule has 0 atom stereocenters. The summed E-state index contributed by atoms with van der Waals surface area (Å²) >= 11 is 1.48. The van der Waals surface area contributed by atoms with Crippen LogP contribution in [0.1, 0.15) is 10.6 Å². The highest BCUT2D eigenvalue weighted by Crippen LogP contribution is 2.37. The summed E-state index contributed by atoms with van der Waals surface area (Å²) in [7, 11) is -3.30. The molecule has 0 aliphatic carbocycles. The Bertz CT molecular complexity index is 1590. The van der Waals surface area contributed by atoms with Crippen LogP contribution in [0.2, 0.25) is 0 Å². The molecule has 0 unspecified atom stereocenters. The van der Waals surface area contributed by atoms with Crippen molar-refractivity contribution in [3.8, 4) is 21.7 Å². The highest BCUT2D eigenvalue weighted by atomic mass is 32.2. The van der Waals surface area contributed by atoms with Gasteiger partial charge in [-0.05, 0) is 52.2 Å². The summed E-state index contributed by atoms with van der Waals surface area (Å²) in [5, 5.41) is 3.14. The molecule has 0 saturated carbocycles. The van der Waals surface area contributed by atoms with Crippen molar-refractivity contribution >= 4 is 31.9 Å². The highest BCUT2D eigenvalue weighted by Gasteiger charge is 2.16. The van der Waals surface area contributed by atoms with Gasteiger partial charge in [-0.1, -0.05) is 60.7 Å². The van der Waals surface area contributed by atoms with E-state index in [-0.39, 0.29) is 10.7 Å². The Morgan fingerprint density at radius 3 is 2.23 bits per heavy atom. The van der Waals surface area contributed by atoms with Crippen molar-refractivity contribution in [1.82, 2.24) is 4.98 Å². The molecule has 0 fully saturated rings. The minimum Gasteiger partial charge on any atom is -0.370 e. The number of rotatable bonds is 7. The first kappa shape index (κ1) is 23.4. The van der Waals surface area contributed by atoms with Crippen molar-refractivity contribution in [1.29, 1.82) is 0 Å². The third-order valence-corrected chi connectivity index (χ3v) is 7.85. The van der Waals surface area contributed by atoms with E-state index in [2.05, 4.69) is 30.3 Å². The van der Waals surface area contributed by atoms with Gasteiger partial charge in [0.2, 0.25) is 0 Å². The van der Waals surface area contributed by atoms with Crippen molar-refractivity contribution < 1.29 is 17.5 Å². The summed E-state index contributed by atoms with van der Waals surface area (Å²) in [6.45, 7) is 0.780. The highest BCUT2D eigenvalue weighted by molar-refractivity contribution is 7.90. The van der Waals surface area contributed by atoms with E-state index < -0.39 is 9.84 Å². The van der Waals surface area contributed by atoms with Gasteiger partial charge in [-0.25, -0.2) is 17.8 Å². The third-order valence-electron chi connectivity index (χ3n) is 5.64. The van der Waals surface area contributed by atoms with Crippen molar-refractivity contribution in [2.24, 2.45) is 0 Å². The predicted molar refractivity (Wildman–Crippen MR) is 138 cm³/mol. The fraction of sp³-hybridized carbons (Fsp3) is 0.107. The smallest absolute Gasteiger partial charge is 0.175 e. The van der Waals surface area contributed by atoms with Crippen molar-refractivity contribution in [2.45, 2.75) is 18.1 Å². The van der Waals surface area contributed by atoms with E-state index in [9.17, 15) is 12.8 Å². The van der Waals surface area contributed by atoms with Crippen LogP contribution in [0.15, 0.2) is 95.9 Å². The van der Waals surface area contributed by atoms with Crippen LogP contribution in [0.25, 0.3) is 32.5 Å². The molecule has 7 heteroatoms. The summed E-state index contributed by atoms with van der Waals surface area (Å²) in [4.78, 5) is 5.93. The van der Waals surface area contributed by atoms with E-state index in [1.54, 1.807) is 36.4 Å². The van der Waals surface area contributed by atoms with Crippen LogP contribution in [-0.4, -0.2) is 19.7 Å². The summed E-state index contributed by atoms with van der Waals surface area (Å²) in [6, 6.07) is 27.4. The monoisotopic (exact) mass is 503 g/mol. The number of aromatic nitrogens is 1. The second-order valence-corrected chi connectivity index (χ2v) is 11.4. The summed E-state index contributed by atoms with van der Waals surface area (Å²) < 4.78 is 43.2. The zero-order valence-electron chi connectivity index (χ0n) is 18.9. The van der Waals surface area contributed by atoms with Gasteiger partial charge in [-0.3, -0.25) is 0 Å². The second-order valence-electron chi connectivity index (χ2n) is 8.26. The summed E-state index contributed by atoms with van der Waals surface area (Å²) in [5.41, 5.74) is 3.42. The molecule has 5 aromatic rings. The Labute approximate surface area is 207 Å². The van der Waals surface area contributed by atoms with Gasteiger partial charge < -0.3 is 4.74 Å². The molecular formula is C28H22FNO3S2. The van der Waals surface area contributed by atoms with Crippen molar-refractivity contribution in [3.05, 3.63) is 107 Å². The molecule has 1 heterocycles. The van der Waals surface area contributed by atoms with Gasteiger partial charge in [0.05, 0.1) is 28.7 Å². The number of sulfone groups is 1. The van der Waals surface area contributed by atoms with E-state index >= 15 is 0 Å². The van der Waals surface area contributed by atoms with Gasteiger partial charge in [0, 0.05) is 11.8 Å². The zero-order chi connectivity index (χ0) is 24.4. The number of hydrogen-bond donors (Lipinski definition) is 0. The first-order chi connectivity index (χ1) is 16.9. The maximum atomic E-state index is 13.5. The molecule has 1 aromatic heterocycles. The van der Waals surface area contributed by atoms with E-state index in [1.807, 2.05) is 12.1 Å². The Kier molecular flexibility index (Phi) is 6.47. The number of hydrogen-bond acceptors (Lipinski definition) is 5. The second kappa shape index (κ2) is 9.70. The lowest BCUT2D eigenvalue weighted by Gasteiger charge is -2.05. The van der Waals surface area contributed by atoms with E-state index in [0.717, 1.165) is 26.6 Å². The van der Waals surface area contributed by atoms with Crippen LogP contribution in [0.4, 0.5) is 4.39 Å². The Morgan fingerprint density at radius 1 is 0.829 bits per heavy atom. The lowest BCUT2D eigenvalue weighted by Crippen LogP contribution is -1.96. The van der Waals surface area contributed by atoms with Crippen molar-refractivity contribution in [3.63, 3.8) is 0 Å². The standard InChI is InChI=1S/C28H22FNO3S2/c1-35(31,32)25-14-10-21(11-15-25)27-28(22-8-12-24(29)13-9-22)34-26(30-27)18-33-17-19-6-7-20-4-2-3-5-23(20)16-19/h2-16H,17-18H2,1H3. The SMILES string of the molecule is CS(=O)(=O)c1ccc(-c2nc(COCc3ccc4ccccc4c3)sc2-c2ccc(F)cc2)cc1. The molecule has 5 rings (SSSR count). The molecule has 35 heavy (non-hydrogen) atoms. The third kappa shape index (κ3) is 5.32. The van der Waals surface area contributed by atoms with Gasteiger partial charge in [0.15, 0.2) is 9.84 Å². The lowest BCUT2D eigenvalue weighted by atomic mass is 10.1. The summed E-state index contributed by atoms with van der Waals surface area (Å²) in [6.07, 6.45) is 1.18. The first-order valence-electron chi connectivity index (χ1n) is 11.0. The van der Waals surface area contributed by atoms with Gasteiger partial charge >= 0.3 is 0 Å². The lowest BCUT2D eigenvalue weighted by molar-refractivity contribution is 0.107. The maximum absolute atomic E-state index is 13.5. The molecule has 0 N–H and O–H groups in total. The average Bonchev–Trinajstić information content (AvgIpc) is 3.28. The van der Waals surface area contributed by atoms with Gasteiger partial charge in [0.25, 0.3) is 0 Å². The molecule has 4 aromatic carbocycles. The average molecular weight is 504 g/mol. The number of benzene rings is 4. The summed E-state index contributed by atoms with van der Waals surface area (Å²) in [5.74, 6) is -0.309. The van der Waals surface area contributed by atoms with Gasteiger partial charge in [0.1, 0.15) is 10.8 Å². The number of nitrogens with zero attached hydrogens (tertiary/aromatic N) is 1. The fourth-order valence-electron chi connectivity index (χ4n) is 3.86. The van der Waals surface area contributed by atoms with Crippen molar-refractivity contribution in [2.75, 3.05) is 6.26 Å². The molecule has 176 valence electrons. The zero-order valence-corrected chi connectivity index (χ0v) is 20.6. The quantitative estimate of drug-likeness (QED) is 0.243. The van der Waals surface area contributed by atoms with Gasteiger partial charge in [-0.2, -0.15) is 0 Å². The Morgan fingerprint density at radius 2 is 1.51 bits per heavy atom. The number of fused-ring (bicyclic) bond motifs is 1. The number of halogens is 1. The van der Waals surface area contributed by atoms with E-state index in [1.165, 1.54) is 40.5 Å². The topological polar surface area (TPSA) is 56.3 Å². The van der Waals surface area contributed by atoms with Crippen LogP contribution >= 0.6 is 11.3 Å². The minimum absolute atomic E-state index is 0.249. The fourth-order valence-corrected chi connectivity index (χ4v) is 5.52. The molecule has 0 bridgehead atoms. The molecule has 0 aliphatic heterocycles. The van der Waals surface area contributed by atoms with Crippen LogP contribution in [0.5, 0.6) is 0 Å². The number of thiazole rings is 1. The Balaban J connectivity index is 1.41. The first-order valence-corrected chi connectivity index (χ1v) is 13.7. The van der Waals surface area contributed by atoms with Crippen LogP contribution in [-0.2, 0) is 27.8 Å². The van der Waals surface area contributed by atoms with Gasteiger partial charge in [-0.15, -0.1) is 11.3 Å². The van der Waals surface area contributed by atoms with Crippen LogP contribution in [0.3, 0.4) is 0 Å². The molecule has 0 radical (unpaired) electrons. The Hall–Kier alpha value is -3.39. The molecule has 0 saturated heterocycles. The molecular weight excluding hydrogens is 481 g/mol. The molecule has 0 spiro atoms. The van der Waals surface area contributed by atoms with Crippen LogP contribution < -0.4 is 0 Å². The predicted octanol–water partition coefficient (Wildman–Crippen LogP) is 6.89. The molecule has 4 nitrogen and oxygen atoms in total. The van der Waals surface area contributed by atoms with E-state index in [4.69, 9.17) is 9.72 Å². The van der Waals surface area contributed by atoms with Crippen LogP contribution in [0, 0.1) is 5.82 Å². The number of ether oxygens (including phenoxy) is 1. The molecule has 0 amide bonds. The minimum atomic E-state index is -3.30. The molecule has 0 aliphatic rings. The van der Waals surface area contributed by atoms with E-state index in [0.29, 0.717) is 18.9 Å². The largest absolute Gasteiger partial charge is 0.370 e.